The van der Waals surface area contributed by atoms with Crippen molar-refractivity contribution in [2.24, 2.45) is 5.92 Å². The molecule has 34 heavy (non-hydrogen) atoms. The minimum absolute atomic E-state index is 0.0596. The van der Waals surface area contributed by atoms with Gasteiger partial charge in [0.1, 0.15) is 5.75 Å². The lowest BCUT2D eigenvalue weighted by atomic mass is 9.91. The van der Waals surface area contributed by atoms with Crippen molar-refractivity contribution in [3.05, 3.63) is 47.5 Å². The van der Waals surface area contributed by atoms with Crippen molar-refractivity contribution in [1.82, 2.24) is 10.2 Å². The van der Waals surface area contributed by atoms with E-state index in [-0.39, 0.29) is 23.9 Å². The van der Waals surface area contributed by atoms with Gasteiger partial charge in [0.05, 0.1) is 33.1 Å². The molecular formula is C26H33N3O5. The van der Waals surface area contributed by atoms with Gasteiger partial charge in [-0.3, -0.25) is 4.79 Å². The van der Waals surface area contributed by atoms with E-state index in [1.165, 1.54) is 0 Å². The largest absolute Gasteiger partial charge is 0.495 e. The van der Waals surface area contributed by atoms with Gasteiger partial charge in [-0.1, -0.05) is 25.0 Å². The number of carbonyl (C=O) groups excluding carboxylic acids is 2. The highest BCUT2D eigenvalue weighted by molar-refractivity contribution is 5.91. The number of para-hydroxylation sites is 2. The summed E-state index contributed by atoms with van der Waals surface area (Å²) in [5.41, 5.74) is 2.63. The number of amides is 3. The van der Waals surface area contributed by atoms with Crippen molar-refractivity contribution in [3.63, 3.8) is 0 Å². The molecule has 0 aromatic heterocycles. The third-order valence-corrected chi connectivity index (χ3v) is 6.81. The Bertz CT molecular complexity index is 1040. The maximum absolute atomic E-state index is 13.4. The van der Waals surface area contributed by atoms with Crippen LogP contribution in [0.25, 0.3) is 0 Å². The van der Waals surface area contributed by atoms with Crippen LogP contribution in [0.15, 0.2) is 36.4 Å². The third-order valence-electron chi connectivity index (χ3n) is 6.81. The Labute approximate surface area is 200 Å². The Morgan fingerprint density at radius 3 is 2.35 bits per heavy atom. The fourth-order valence-electron chi connectivity index (χ4n) is 4.96. The summed E-state index contributed by atoms with van der Waals surface area (Å²) in [5.74, 6) is 1.97. The molecule has 0 bridgehead atoms. The van der Waals surface area contributed by atoms with Gasteiger partial charge in [-0.2, -0.15) is 0 Å². The quantitative estimate of drug-likeness (QED) is 0.639. The Kier molecular flexibility index (Phi) is 7.45. The molecule has 0 saturated heterocycles. The first-order valence-corrected chi connectivity index (χ1v) is 11.8. The number of nitrogens with one attached hydrogen (secondary N) is 2. The van der Waals surface area contributed by atoms with Crippen LogP contribution in [0.3, 0.4) is 0 Å². The zero-order chi connectivity index (χ0) is 24.1. The molecule has 0 radical (unpaired) electrons. The van der Waals surface area contributed by atoms with Crippen LogP contribution in [0.2, 0.25) is 0 Å². The van der Waals surface area contributed by atoms with Crippen molar-refractivity contribution >= 4 is 17.6 Å². The number of ether oxygens (including phenoxy) is 3. The minimum atomic E-state index is -0.344. The number of carbonyl (C=O) groups is 2. The van der Waals surface area contributed by atoms with E-state index in [2.05, 4.69) is 10.6 Å². The topological polar surface area (TPSA) is 89.1 Å². The molecule has 2 N–H and O–H groups in total. The second-order valence-electron chi connectivity index (χ2n) is 8.72. The molecule has 2 aromatic rings. The first kappa shape index (κ1) is 23.7. The Balaban J connectivity index is 1.61. The number of benzene rings is 2. The van der Waals surface area contributed by atoms with Crippen molar-refractivity contribution in [2.75, 3.05) is 39.7 Å². The molecular weight excluding hydrogens is 434 g/mol. The van der Waals surface area contributed by atoms with Crippen LogP contribution in [-0.2, 0) is 11.2 Å². The van der Waals surface area contributed by atoms with Crippen molar-refractivity contribution in [2.45, 2.75) is 38.1 Å². The summed E-state index contributed by atoms with van der Waals surface area (Å²) in [4.78, 5) is 28.0. The number of fused-ring (bicyclic) bond motifs is 1. The van der Waals surface area contributed by atoms with Crippen molar-refractivity contribution in [3.8, 4) is 17.2 Å². The predicted molar refractivity (Wildman–Crippen MR) is 130 cm³/mol. The van der Waals surface area contributed by atoms with Crippen LogP contribution in [0.4, 0.5) is 10.5 Å². The monoisotopic (exact) mass is 467 g/mol. The molecule has 0 spiro atoms. The van der Waals surface area contributed by atoms with Crippen molar-refractivity contribution in [1.29, 1.82) is 0 Å². The van der Waals surface area contributed by atoms with Gasteiger partial charge < -0.3 is 29.7 Å². The summed E-state index contributed by atoms with van der Waals surface area (Å²) in [6.07, 6.45) is 4.71. The van der Waals surface area contributed by atoms with Crippen LogP contribution in [0, 0.1) is 5.92 Å². The maximum atomic E-state index is 13.4. The molecule has 1 saturated carbocycles. The molecule has 3 amide bonds. The van der Waals surface area contributed by atoms with E-state index >= 15 is 0 Å². The first-order valence-electron chi connectivity index (χ1n) is 11.8. The lowest BCUT2D eigenvalue weighted by molar-refractivity contribution is -0.125. The number of hydrogen-bond acceptors (Lipinski definition) is 5. The summed E-state index contributed by atoms with van der Waals surface area (Å²) in [7, 11) is 4.78. The Hall–Kier alpha value is -3.42. The lowest BCUT2D eigenvalue weighted by Crippen LogP contribution is -2.47. The number of anilines is 1. The second kappa shape index (κ2) is 10.7. The Morgan fingerprint density at radius 2 is 1.65 bits per heavy atom. The molecule has 4 rings (SSSR count). The smallest absolute Gasteiger partial charge is 0.322 e. The molecule has 1 aliphatic carbocycles. The van der Waals surface area contributed by atoms with E-state index in [4.69, 9.17) is 14.2 Å². The first-order chi connectivity index (χ1) is 16.5. The highest BCUT2D eigenvalue weighted by Gasteiger charge is 2.33. The van der Waals surface area contributed by atoms with Gasteiger partial charge in [-0.15, -0.1) is 0 Å². The van der Waals surface area contributed by atoms with Crippen LogP contribution in [-0.4, -0.2) is 51.3 Å². The summed E-state index contributed by atoms with van der Waals surface area (Å²) >= 11 is 0. The van der Waals surface area contributed by atoms with Crippen LogP contribution >= 0.6 is 0 Å². The molecule has 2 aliphatic rings. The number of nitrogens with zero attached hydrogens (tertiary/aromatic N) is 1. The van der Waals surface area contributed by atoms with Crippen LogP contribution in [0.5, 0.6) is 17.2 Å². The van der Waals surface area contributed by atoms with Crippen molar-refractivity contribution < 1.29 is 23.8 Å². The predicted octanol–water partition coefficient (Wildman–Crippen LogP) is 4.15. The summed E-state index contributed by atoms with van der Waals surface area (Å²) in [6, 6.07) is 10.6. The average molecular weight is 468 g/mol. The number of rotatable bonds is 7. The Morgan fingerprint density at radius 1 is 0.971 bits per heavy atom. The van der Waals surface area contributed by atoms with E-state index in [1.807, 2.05) is 24.3 Å². The molecule has 182 valence electrons. The van der Waals surface area contributed by atoms with Crippen LogP contribution < -0.4 is 24.8 Å². The fraction of sp³-hybridized carbons (Fsp3) is 0.462. The van der Waals surface area contributed by atoms with Gasteiger partial charge in [-0.05, 0) is 54.7 Å². The molecule has 1 aliphatic heterocycles. The number of hydrogen-bond donors (Lipinski definition) is 2. The highest BCUT2D eigenvalue weighted by Crippen LogP contribution is 2.38. The zero-order valence-corrected chi connectivity index (χ0v) is 20.1. The molecule has 1 heterocycles. The van der Waals surface area contributed by atoms with E-state index in [0.29, 0.717) is 42.4 Å². The zero-order valence-electron chi connectivity index (χ0n) is 20.1. The maximum Gasteiger partial charge on any atom is 0.322 e. The van der Waals surface area contributed by atoms with E-state index in [1.54, 1.807) is 38.4 Å². The molecule has 8 heteroatoms. The van der Waals surface area contributed by atoms with Crippen LogP contribution in [0.1, 0.15) is 42.9 Å². The molecule has 1 unspecified atom stereocenters. The van der Waals surface area contributed by atoms with E-state index in [0.717, 1.165) is 36.8 Å². The van der Waals surface area contributed by atoms with Gasteiger partial charge in [0, 0.05) is 19.0 Å². The molecule has 2 aromatic carbocycles. The highest BCUT2D eigenvalue weighted by atomic mass is 16.5. The van der Waals surface area contributed by atoms with Gasteiger partial charge in [-0.25, -0.2) is 4.79 Å². The molecule has 8 nitrogen and oxygen atoms in total. The van der Waals surface area contributed by atoms with E-state index < -0.39 is 0 Å². The van der Waals surface area contributed by atoms with E-state index in [9.17, 15) is 9.59 Å². The fourth-order valence-corrected chi connectivity index (χ4v) is 4.96. The molecule has 1 atom stereocenters. The summed E-state index contributed by atoms with van der Waals surface area (Å²) < 4.78 is 16.4. The van der Waals surface area contributed by atoms with Gasteiger partial charge in [0.25, 0.3) is 0 Å². The summed E-state index contributed by atoms with van der Waals surface area (Å²) in [5, 5.41) is 6.09. The molecule has 1 fully saturated rings. The normalized spacial score (nSPS) is 17.6. The minimum Gasteiger partial charge on any atom is -0.495 e. The van der Waals surface area contributed by atoms with Gasteiger partial charge >= 0.3 is 6.03 Å². The van der Waals surface area contributed by atoms with Gasteiger partial charge in [0.15, 0.2) is 11.5 Å². The number of urea groups is 1. The number of methoxy groups -OCH3 is 3. The lowest BCUT2D eigenvalue weighted by Gasteiger charge is -2.38. The standard InChI is InChI=1S/C26H33N3O5/c1-32-22-11-7-6-10-20(22)28-26(31)29-13-12-18-14-23(33-2)24(34-3)15-19(18)21(29)16-27-25(30)17-8-4-5-9-17/h6-7,10-11,14-15,17,21H,4-5,8-9,12-13,16H2,1-3H3,(H,27,30)(H,28,31). The average Bonchev–Trinajstić information content (AvgIpc) is 3.41. The third kappa shape index (κ3) is 4.90. The summed E-state index contributed by atoms with van der Waals surface area (Å²) in [6.45, 7) is 0.838. The SMILES string of the molecule is COc1ccccc1NC(=O)N1CCc2cc(OC)c(OC)cc2C1CNC(=O)C1CCCC1. The second-order valence-corrected chi connectivity index (χ2v) is 8.72. The van der Waals surface area contributed by atoms with Gasteiger partial charge in [0.2, 0.25) is 5.91 Å².